The maximum absolute atomic E-state index is 13.2. The molecule has 1 aromatic carbocycles. The minimum Gasteiger partial charge on any atom is -0.365 e. The number of ether oxygens (including phenoxy) is 1. The van der Waals surface area contributed by atoms with Crippen LogP contribution in [0, 0.1) is 0 Å². The Balaban J connectivity index is 1.34. The van der Waals surface area contributed by atoms with Crippen molar-refractivity contribution < 1.29 is 17.9 Å². The fourth-order valence-electron chi connectivity index (χ4n) is 5.37. The molecule has 2 amide bonds. The van der Waals surface area contributed by atoms with Crippen molar-refractivity contribution in [2.24, 2.45) is 0 Å². The van der Waals surface area contributed by atoms with Crippen LogP contribution in [0.25, 0.3) is 0 Å². The summed E-state index contributed by atoms with van der Waals surface area (Å²) in [6.07, 6.45) is 4.67. The third-order valence-corrected chi connectivity index (χ3v) is 9.00. The summed E-state index contributed by atoms with van der Waals surface area (Å²) in [5, 5.41) is 2.58. The first-order chi connectivity index (χ1) is 13.5. The molecule has 28 heavy (non-hydrogen) atoms. The van der Waals surface area contributed by atoms with Crippen LogP contribution in [0.2, 0.25) is 0 Å². The lowest BCUT2D eigenvalue weighted by atomic mass is 9.99. The lowest BCUT2D eigenvalue weighted by molar-refractivity contribution is -0.0959. The van der Waals surface area contributed by atoms with Crippen LogP contribution in [0.15, 0.2) is 30.3 Å². The van der Waals surface area contributed by atoms with Crippen LogP contribution in [-0.2, 0) is 21.3 Å². The lowest BCUT2D eigenvalue weighted by Crippen LogP contribution is -2.59. The largest absolute Gasteiger partial charge is 0.365 e. The van der Waals surface area contributed by atoms with E-state index >= 15 is 0 Å². The average Bonchev–Trinajstić information content (AvgIpc) is 3.31. The summed E-state index contributed by atoms with van der Waals surface area (Å²) in [6, 6.07) is 9.81. The zero-order valence-electron chi connectivity index (χ0n) is 15.9. The van der Waals surface area contributed by atoms with Crippen molar-refractivity contribution in [1.29, 1.82) is 0 Å². The van der Waals surface area contributed by atoms with Crippen molar-refractivity contribution in [3.63, 3.8) is 0 Å². The van der Waals surface area contributed by atoms with E-state index in [9.17, 15) is 13.2 Å². The Morgan fingerprint density at radius 1 is 1.18 bits per heavy atom. The molecule has 1 aliphatic carbocycles. The number of benzene rings is 1. The van der Waals surface area contributed by atoms with Gasteiger partial charge in [0, 0.05) is 25.7 Å². The van der Waals surface area contributed by atoms with Crippen LogP contribution in [0.1, 0.15) is 37.7 Å². The van der Waals surface area contributed by atoms with Crippen LogP contribution in [0.4, 0.5) is 4.79 Å². The Hall–Kier alpha value is -1.64. The Labute approximate surface area is 166 Å². The number of carbonyl (C=O) groups is 1. The Morgan fingerprint density at radius 2 is 1.93 bits per heavy atom. The van der Waals surface area contributed by atoms with E-state index in [1.165, 1.54) is 0 Å². The van der Waals surface area contributed by atoms with Gasteiger partial charge in [-0.25, -0.2) is 13.2 Å². The molecule has 152 valence electrons. The van der Waals surface area contributed by atoms with E-state index < -0.39 is 20.9 Å². The predicted octanol–water partition coefficient (Wildman–Crippen LogP) is 1.70. The normalized spacial score (nSPS) is 34.5. The van der Waals surface area contributed by atoms with Crippen LogP contribution >= 0.6 is 0 Å². The molecule has 4 aliphatic rings. The number of nitrogens with one attached hydrogen (secondary N) is 1. The molecular weight excluding hydrogens is 378 g/mol. The van der Waals surface area contributed by atoms with E-state index in [2.05, 4.69) is 5.32 Å². The quantitative estimate of drug-likeness (QED) is 0.830. The highest BCUT2D eigenvalue weighted by molar-refractivity contribution is 7.90. The van der Waals surface area contributed by atoms with E-state index in [0.29, 0.717) is 32.6 Å². The van der Waals surface area contributed by atoms with Gasteiger partial charge >= 0.3 is 6.03 Å². The zero-order valence-corrected chi connectivity index (χ0v) is 16.7. The van der Waals surface area contributed by atoms with Gasteiger partial charge in [0.25, 0.3) is 0 Å². The predicted molar refractivity (Wildman–Crippen MR) is 104 cm³/mol. The van der Waals surface area contributed by atoms with Crippen molar-refractivity contribution in [2.75, 3.05) is 19.6 Å². The van der Waals surface area contributed by atoms with Crippen LogP contribution in [0.3, 0.4) is 0 Å². The summed E-state index contributed by atoms with van der Waals surface area (Å²) >= 11 is 0. The maximum atomic E-state index is 13.2. The number of urea groups is 1. The standard InChI is InChI=1S/C20H27N3O4S/c24-19(21-16-8-4-5-9-16)22-12-17-10-18-20(13-22,27-17)14-23(28(18,25)26)11-15-6-2-1-3-7-15/h1-3,6-7,16-18H,4-5,8-14H2,(H,21,24)/t17-,18+,20+/m1/s1. The van der Waals surface area contributed by atoms with Gasteiger partial charge in [-0.1, -0.05) is 43.2 Å². The number of amides is 2. The van der Waals surface area contributed by atoms with Gasteiger partial charge in [-0.3, -0.25) is 0 Å². The molecule has 8 heteroatoms. The van der Waals surface area contributed by atoms with Gasteiger partial charge in [0.15, 0.2) is 0 Å². The number of rotatable bonds is 3. The van der Waals surface area contributed by atoms with Crippen molar-refractivity contribution in [3.8, 4) is 0 Å². The summed E-state index contributed by atoms with van der Waals surface area (Å²) in [6.45, 7) is 1.49. The molecule has 3 saturated heterocycles. The maximum Gasteiger partial charge on any atom is 0.317 e. The molecule has 1 saturated carbocycles. The molecule has 3 aliphatic heterocycles. The van der Waals surface area contributed by atoms with Crippen LogP contribution < -0.4 is 5.32 Å². The summed E-state index contributed by atoms with van der Waals surface area (Å²) in [5.41, 5.74) is 0.162. The van der Waals surface area contributed by atoms with Gasteiger partial charge in [-0.05, 0) is 24.8 Å². The van der Waals surface area contributed by atoms with E-state index in [0.717, 1.165) is 31.2 Å². The fourth-order valence-corrected chi connectivity index (χ4v) is 7.66. The van der Waals surface area contributed by atoms with Crippen LogP contribution in [0.5, 0.6) is 0 Å². The average molecular weight is 406 g/mol. The zero-order chi connectivity index (χ0) is 19.4. The molecule has 3 atom stereocenters. The van der Waals surface area contributed by atoms with Gasteiger partial charge in [0.05, 0.1) is 12.6 Å². The second-order valence-electron chi connectivity index (χ2n) is 8.64. The lowest BCUT2D eigenvalue weighted by Gasteiger charge is -2.39. The van der Waals surface area contributed by atoms with Gasteiger partial charge in [-0.2, -0.15) is 4.31 Å². The van der Waals surface area contributed by atoms with E-state index in [4.69, 9.17) is 4.74 Å². The molecular formula is C20H27N3O4S. The number of sulfonamides is 1. The van der Waals surface area contributed by atoms with Crippen molar-refractivity contribution in [1.82, 2.24) is 14.5 Å². The van der Waals surface area contributed by atoms with Gasteiger partial charge < -0.3 is 15.0 Å². The van der Waals surface area contributed by atoms with Crippen LogP contribution in [-0.4, -0.2) is 66.3 Å². The molecule has 1 spiro atoms. The van der Waals surface area contributed by atoms with Gasteiger partial charge in [-0.15, -0.1) is 0 Å². The highest BCUT2D eigenvalue weighted by atomic mass is 32.2. The number of nitrogens with zero attached hydrogens (tertiary/aromatic N) is 2. The first-order valence-corrected chi connectivity index (χ1v) is 11.7. The third kappa shape index (κ3) is 3.02. The summed E-state index contributed by atoms with van der Waals surface area (Å²) < 4.78 is 34.2. The third-order valence-electron chi connectivity index (χ3n) is 6.68. The Morgan fingerprint density at radius 3 is 2.68 bits per heavy atom. The number of morpholine rings is 1. The highest BCUT2D eigenvalue weighted by Gasteiger charge is 2.65. The van der Waals surface area contributed by atoms with Crippen molar-refractivity contribution in [2.45, 2.75) is 61.6 Å². The number of hydrogen-bond donors (Lipinski definition) is 1. The monoisotopic (exact) mass is 405 g/mol. The van der Waals surface area contributed by atoms with E-state index in [1.807, 2.05) is 30.3 Å². The summed E-state index contributed by atoms with van der Waals surface area (Å²) in [7, 11) is -3.45. The van der Waals surface area contributed by atoms with Gasteiger partial charge in [0.2, 0.25) is 10.0 Å². The topological polar surface area (TPSA) is 79.0 Å². The second-order valence-corrected chi connectivity index (χ2v) is 10.8. The molecule has 0 aromatic heterocycles. The number of hydrogen-bond acceptors (Lipinski definition) is 4. The molecule has 0 radical (unpaired) electrons. The molecule has 4 fully saturated rings. The molecule has 3 heterocycles. The Kier molecular flexibility index (Phi) is 4.41. The molecule has 1 aromatic rings. The minimum absolute atomic E-state index is 0.0702. The minimum atomic E-state index is -3.45. The van der Waals surface area contributed by atoms with Crippen molar-refractivity contribution >= 4 is 16.1 Å². The number of carbonyl (C=O) groups excluding carboxylic acids is 1. The number of fused-ring (bicyclic) bond motifs is 1. The molecule has 5 rings (SSSR count). The molecule has 0 unspecified atom stereocenters. The molecule has 7 nitrogen and oxygen atoms in total. The first-order valence-electron chi connectivity index (χ1n) is 10.2. The molecule has 1 N–H and O–H groups in total. The smallest absolute Gasteiger partial charge is 0.317 e. The Bertz CT molecular complexity index is 855. The molecule has 2 bridgehead atoms. The summed E-state index contributed by atoms with van der Waals surface area (Å²) in [5.74, 6) is 0. The number of likely N-dealkylation sites (tertiary alicyclic amines) is 1. The van der Waals surface area contributed by atoms with Crippen molar-refractivity contribution in [3.05, 3.63) is 35.9 Å². The SMILES string of the molecule is O=C(NC1CCCC1)N1C[C@H]2C[C@H]3[C@](C1)(CN(Cc1ccccc1)S3(=O)=O)O2. The first kappa shape index (κ1) is 18.4. The van der Waals surface area contributed by atoms with Gasteiger partial charge in [0.1, 0.15) is 10.9 Å². The van der Waals surface area contributed by atoms with E-state index in [-0.39, 0.29) is 18.2 Å². The highest BCUT2D eigenvalue weighted by Crippen LogP contribution is 2.47. The summed E-state index contributed by atoms with van der Waals surface area (Å²) in [4.78, 5) is 14.6. The van der Waals surface area contributed by atoms with E-state index in [1.54, 1.807) is 9.21 Å². The second kappa shape index (κ2) is 6.71. The fraction of sp³-hybridized carbons (Fsp3) is 0.650.